The van der Waals surface area contributed by atoms with Crippen LogP contribution in [0.3, 0.4) is 0 Å². The molecule has 1 fully saturated rings. The highest BCUT2D eigenvalue weighted by molar-refractivity contribution is 7.98. The molecule has 0 radical (unpaired) electrons. The van der Waals surface area contributed by atoms with Crippen LogP contribution in [0.15, 0.2) is 0 Å². The Morgan fingerprint density at radius 3 is 2.89 bits per heavy atom. The number of rotatable bonds is 7. The van der Waals surface area contributed by atoms with Crippen molar-refractivity contribution >= 4 is 17.7 Å². The highest BCUT2D eigenvalue weighted by Crippen LogP contribution is 2.15. The van der Waals surface area contributed by atoms with Crippen LogP contribution in [0.2, 0.25) is 0 Å². The van der Waals surface area contributed by atoms with Gasteiger partial charge in [0.2, 0.25) is 5.91 Å². The first kappa shape index (κ1) is 15.8. The number of amides is 1. The van der Waals surface area contributed by atoms with E-state index in [0.717, 1.165) is 6.54 Å². The molecule has 1 heterocycles. The summed E-state index contributed by atoms with van der Waals surface area (Å²) in [4.78, 5) is 12.0. The zero-order valence-corrected chi connectivity index (χ0v) is 12.2. The average molecular weight is 276 g/mol. The van der Waals surface area contributed by atoms with Crippen molar-refractivity contribution in [2.24, 2.45) is 5.92 Å². The third-order valence-electron chi connectivity index (χ3n) is 2.98. The maximum atomic E-state index is 12.0. The molecule has 1 amide bonds. The summed E-state index contributed by atoms with van der Waals surface area (Å²) in [5, 5.41) is 16.1. The fraction of sp³-hybridized carbons (Fsp3) is 0.917. The van der Waals surface area contributed by atoms with Crippen molar-refractivity contribution in [2.45, 2.75) is 25.5 Å². The SMILES string of the molecule is CCNC1COCC1C(=O)NCC(C)(O)CSC. The topological polar surface area (TPSA) is 70.6 Å². The van der Waals surface area contributed by atoms with E-state index in [0.29, 0.717) is 19.0 Å². The normalized spacial score (nSPS) is 26.9. The first-order valence-electron chi connectivity index (χ1n) is 6.30. The van der Waals surface area contributed by atoms with Gasteiger partial charge in [-0.05, 0) is 19.7 Å². The van der Waals surface area contributed by atoms with Crippen LogP contribution >= 0.6 is 11.8 Å². The zero-order valence-electron chi connectivity index (χ0n) is 11.4. The molecule has 5 nitrogen and oxygen atoms in total. The van der Waals surface area contributed by atoms with E-state index in [2.05, 4.69) is 10.6 Å². The van der Waals surface area contributed by atoms with Gasteiger partial charge in [-0.15, -0.1) is 0 Å². The number of hydrogen-bond donors (Lipinski definition) is 3. The Balaban J connectivity index is 2.40. The molecule has 0 bridgehead atoms. The van der Waals surface area contributed by atoms with Crippen LogP contribution in [0.4, 0.5) is 0 Å². The van der Waals surface area contributed by atoms with Gasteiger partial charge in [-0.2, -0.15) is 11.8 Å². The molecule has 3 atom stereocenters. The minimum absolute atomic E-state index is 0.0418. The number of ether oxygens (including phenoxy) is 1. The van der Waals surface area contributed by atoms with Gasteiger partial charge in [0.15, 0.2) is 0 Å². The van der Waals surface area contributed by atoms with Crippen LogP contribution in [0.5, 0.6) is 0 Å². The summed E-state index contributed by atoms with van der Waals surface area (Å²) in [7, 11) is 0. The van der Waals surface area contributed by atoms with E-state index in [4.69, 9.17) is 4.74 Å². The van der Waals surface area contributed by atoms with Crippen molar-refractivity contribution in [1.82, 2.24) is 10.6 Å². The second-order valence-corrected chi connectivity index (χ2v) is 5.82. The smallest absolute Gasteiger partial charge is 0.227 e. The number of carbonyl (C=O) groups excluding carboxylic acids is 1. The van der Waals surface area contributed by atoms with Crippen LogP contribution in [0.1, 0.15) is 13.8 Å². The summed E-state index contributed by atoms with van der Waals surface area (Å²) < 4.78 is 5.33. The summed E-state index contributed by atoms with van der Waals surface area (Å²) >= 11 is 1.56. The Hall–Kier alpha value is -0.300. The van der Waals surface area contributed by atoms with Crippen molar-refractivity contribution < 1.29 is 14.6 Å². The lowest BCUT2D eigenvalue weighted by molar-refractivity contribution is -0.126. The molecular formula is C12H24N2O3S. The van der Waals surface area contributed by atoms with E-state index in [9.17, 15) is 9.90 Å². The number of hydrogen-bond acceptors (Lipinski definition) is 5. The standard InChI is InChI=1S/C12H24N2O3S/c1-4-13-10-6-17-5-9(10)11(15)14-7-12(2,16)8-18-3/h9-10,13,16H,4-8H2,1-3H3,(H,14,15). The average Bonchev–Trinajstić information content (AvgIpc) is 2.75. The molecule has 0 spiro atoms. The molecule has 0 aliphatic carbocycles. The molecule has 0 aromatic heterocycles. The molecule has 6 heteroatoms. The number of likely N-dealkylation sites (N-methyl/N-ethyl adjacent to an activating group) is 1. The van der Waals surface area contributed by atoms with Gasteiger partial charge in [-0.1, -0.05) is 6.92 Å². The fourth-order valence-electron chi connectivity index (χ4n) is 2.05. The summed E-state index contributed by atoms with van der Waals surface area (Å²) in [6.45, 7) is 5.87. The third kappa shape index (κ3) is 4.76. The van der Waals surface area contributed by atoms with Crippen molar-refractivity contribution in [2.75, 3.05) is 38.3 Å². The van der Waals surface area contributed by atoms with Gasteiger partial charge < -0.3 is 20.5 Å². The quantitative estimate of drug-likeness (QED) is 0.603. The number of thioether (sulfide) groups is 1. The molecule has 106 valence electrons. The van der Waals surface area contributed by atoms with Gasteiger partial charge in [0, 0.05) is 18.3 Å². The van der Waals surface area contributed by atoms with Crippen molar-refractivity contribution in [3.05, 3.63) is 0 Å². The van der Waals surface area contributed by atoms with Gasteiger partial charge in [0.1, 0.15) is 0 Å². The van der Waals surface area contributed by atoms with E-state index in [1.165, 1.54) is 0 Å². The lowest BCUT2D eigenvalue weighted by atomic mass is 10.0. The van der Waals surface area contributed by atoms with Gasteiger partial charge in [-0.25, -0.2) is 0 Å². The molecular weight excluding hydrogens is 252 g/mol. The maximum absolute atomic E-state index is 12.0. The second kappa shape index (κ2) is 7.33. The summed E-state index contributed by atoms with van der Waals surface area (Å²) in [6, 6.07) is 0.0838. The molecule has 1 saturated heterocycles. The van der Waals surface area contributed by atoms with Gasteiger partial charge >= 0.3 is 0 Å². The lowest BCUT2D eigenvalue weighted by Crippen LogP contribution is -2.48. The summed E-state index contributed by atoms with van der Waals surface area (Å²) in [5.74, 6) is 0.403. The van der Waals surface area contributed by atoms with Crippen LogP contribution in [0.25, 0.3) is 0 Å². The molecule has 0 aromatic rings. The maximum Gasteiger partial charge on any atom is 0.227 e. The van der Waals surface area contributed by atoms with Crippen molar-refractivity contribution in [3.8, 4) is 0 Å². The largest absolute Gasteiger partial charge is 0.387 e. The number of carbonyl (C=O) groups is 1. The van der Waals surface area contributed by atoms with Gasteiger partial charge in [-0.3, -0.25) is 4.79 Å². The molecule has 3 N–H and O–H groups in total. The first-order valence-corrected chi connectivity index (χ1v) is 7.69. The molecule has 18 heavy (non-hydrogen) atoms. The number of aliphatic hydroxyl groups is 1. The summed E-state index contributed by atoms with van der Waals surface area (Å²) in [6.07, 6.45) is 1.93. The predicted molar refractivity (Wildman–Crippen MR) is 73.8 cm³/mol. The Kier molecular flexibility index (Phi) is 6.42. The summed E-state index contributed by atoms with van der Waals surface area (Å²) in [5.41, 5.74) is -0.859. The van der Waals surface area contributed by atoms with Gasteiger partial charge in [0.25, 0.3) is 0 Å². The van der Waals surface area contributed by atoms with E-state index < -0.39 is 5.60 Å². The first-order chi connectivity index (χ1) is 8.50. The minimum atomic E-state index is -0.859. The third-order valence-corrected chi connectivity index (χ3v) is 3.89. The monoisotopic (exact) mass is 276 g/mol. The highest BCUT2D eigenvalue weighted by atomic mass is 32.2. The van der Waals surface area contributed by atoms with Crippen LogP contribution in [-0.2, 0) is 9.53 Å². The molecule has 1 rings (SSSR count). The molecule has 1 aliphatic heterocycles. The predicted octanol–water partition coefficient (Wildman–Crippen LogP) is -0.159. The Bertz CT molecular complexity index is 274. The van der Waals surface area contributed by atoms with Crippen molar-refractivity contribution in [1.29, 1.82) is 0 Å². The number of nitrogens with one attached hydrogen (secondary N) is 2. The van der Waals surface area contributed by atoms with Gasteiger partial charge in [0.05, 0.1) is 24.7 Å². The van der Waals surface area contributed by atoms with E-state index in [1.54, 1.807) is 18.7 Å². The Morgan fingerprint density at radius 2 is 2.28 bits per heavy atom. The van der Waals surface area contributed by atoms with E-state index in [-0.39, 0.29) is 24.4 Å². The minimum Gasteiger partial charge on any atom is -0.387 e. The molecule has 3 unspecified atom stereocenters. The van der Waals surface area contributed by atoms with E-state index in [1.807, 2.05) is 13.2 Å². The highest BCUT2D eigenvalue weighted by Gasteiger charge is 2.34. The lowest BCUT2D eigenvalue weighted by Gasteiger charge is -2.24. The van der Waals surface area contributed by atoms with Crippen LogP contribution in [0, 0.1) is 5.92 Å². The Morgan fingerprint density at radius 1 is 1.56 bits per heavy atom. The zero-order chi connectivity index (χ0) is 13.6. The fourth-order valence-corrected chi connectivity index (χ4v) is 2.77. The molecule has 0 saturated carbocycles. The Labute approximate surface area is 113 Å². The molecule has 1 aliphatic rings. The second-order valence-electron chi connectivity index (χ2n) is 4.96. The van der Waals surface area contributed by atoms with Crippen LogP contribution in [-0.4, -0.2) is 61.0 Å². The van der Waals surface area contributed by atoms with Crippen LogP contribution < -0.4 is 10.6 Å². The molecule has 0 aromatic carbocycles. The van der Waals surface area contributed by atoms with E-state index >= 15 is 0 Å². The van der Waals surface area contributed by atoms with Crippen molar-refractivity contribution in [3.63, 3.8) is 0 Å².